The zero-order chi connectivity index (χ0) is 14.5. The van der Waals surface area contributed by atoms with E-state index in [1.54, 1.807) is 0 Å². The minimum absolute atomic E-state index is 0.492. The third-order valence-corrected chi connectivity index (χ3v) is 4.83. The van der Waals surface area contributed by atoms with E-state index >= 15 is 0 Å². The lowest BCUT2D eigenvalue weighted by Crippen LogP contribution is -2.49. The fourth-order valence-electron chi connectivity index (χ4n) is 3.70. The van der Waals surface area contributed by atoms with Crippen LogP contribution in [-0.4, -0.2) is 60.6 Å². The number of hydrogen-bond donors (Lipinski definition) is 1. The maximum Gasteiger partial charge on any atom is 0.0491 e. The van der Waals surface area contributed by atoms with E-state index < -0.39 is 0 Å². The molecule has 0 saturated carbocycles. The van der Waals surface area contributed by atoms with Crippen LogP contribution in [0.4, 0.5) is 0 Å². The van der Waals surface area contributed by atoms with Crippen molar-refractivity contribution in [2.24, 2.45) is 5.92 Å². The minimum atomic E-state index is 0.492. The van der Waals surface area contributed by atoms with Crippen molar-refractivity contribution in [1.82, 2.24) is 20.1 Å². The first-order valence-corrected chi connectivity index (χ1v) is 8.40. The lowest BCUT2D eigenvalue weighted by atomic mass is 9.98. The van der Waals surface area contributed by atoms with Crippen LogP contribution in [0, 0.1) is 5.92 Å². The number of piperidine rings is 1. The average Bonchev–Trinajstić information content (AvgIpc) is 2.54. The Hall–Kier alpha value is -0.970. The summed E-state index contributed by atoms with van der Waals surface area (Å²) < 4.78 is 0. The molecule has 1 aromatic heterocycles. The number of aromatic nitrogens is 1. The predicted octanol–water partition coefficient (Wildman–Crippen LogP) is 1.76. The Balaban J connectivity index is 1.72. The second kappa shape index (κ2) is 7.34. The molecule has 2 fully saturated rings. The van der Waals surface area contributed by atoms with Crippen LogP contribution >= 0.6 is 0 Å². The van der Waals surface area contributed by atoms with Crippen LogP contribution in [0.5, 0.6) is 0 Å². The first-order chi connectivity index (χ1) is 10.3. The van der Waals surface area contributed by atoms with Crippen LogP contribution in [0.2, 0.25) is 0 Å². The number of pyridine rings is 1. The monoisotopic (exact) mass is 288 g/mol. The van der Waals surface area contributed by atoms with Gasteiger partial charge in [-0.25, -0.2) is 0 Å². The van der Waals surface area contributed by atoms with Gasteiger partial charge in [0, 0.05) is 57.7 Å². The predicted molar refractivity (Wildman–Crippen MR) is 86.3 cm³/mol. The number of rotatable bonds is 4. The third-order valence-electron chi connectivity index (χ3n) is 4.83. The van der Waals surface area contributed by atoms with E-state index in [2.05, 4.69) is 45.4 Å². The van der Waals surface area contributed by atoms with E-state index in [0.29, 0.717) is 6.04 Å². The van der Waals surface area contributed by atoms with Crippen LogP contribution in [0.15, 0.2) is 24.5 Å². The summed E-state index contributed by atoms with van der Waals surface area (Å²) in [6.45, 7) is 10.5. The molecule has 3 heterocycles. The zero-order valence-corrected chi connectivity index (χ0v) is 13.2. The van der Waals surface area contributed by atoms with Gasteiger partial charge in [-0.15, -0.1) is 0 Å². The van der Waals surface area contributed by atoms with Crippen LogP contribution in [0.1, 0.15) is 31.4 Å². The Morgan fingerprint density at radius 2 is 2.19 bits per heavy atom. The summed E-state index contributed by atoms with van der Waals surface area (Å²) in [7, 11) is 0. The fraction of sp³-hybridized carbons (Fsp3) is 0.706. The van der Waals surface area contributed by atoms with Crippen LogP contribution in [0.25, 0.3) is 0 Å². The molecular weight excluding hydrogens is 260 g/mol. The van der Waals surface area contributed by atoms with Gasteiger partial charge < -0.3 is 10.2 Å². The summed E-state index contributed by atoms with van der Waals surface area (Å²) in [6.07, 6.45) is 6.67. The van der Waals surface area contributed by atoms with E-state index in [0.717, 1.165) is 38.6 Å². The Labute approximate surface area is 128 Å². The van der Waals surface area contributed by atoms with Crippen molar-refractivity contribution < 1.29 is 0 Å². The number of hydrogen-bond acceptors (Lipinski definition) is 4. The molecule has 1 aromatic rings. The van der Waals surface area contributed by atoms with Gasteiger partial charge in [0.05, 0.1) is 0 Å². The molecule has 0 amide bonds. The fourth-order valence-corrected chi connectivity index (χ4v) is 3.70. The number of piperazine rings is 1. The molecule has 0 radical (unpaired) electrons. The molecule has 2 atom stereocenters. The number of nitrogens with zero attached hydrogens (tertiary/aromatic N) is 3. The molecule has 0 aliphatic carbocycles. The van der Waals surface area contributed by atoms with Crippen molar-refractivity contribution in [3.05, 3.63) is 30.1 Å². The molecule has 0 spiro atoms. The van der Waals surface area contributed by atoms with Gasteiger partial charge in [0.15, 0.2) is 0 Å². The van der Waals surface area contributed by atoms with Crippen LogP contribution in [-0.2, 0) is 0 Å². The molecule has 4 nitrogen and oxygen atoms in total. The third kappa shape index (κ3) is 4.02. The molecule has 2 unspecified atom stereocenters. The molecular formula is C17H28N4. The molecule has 1 N–H and O–H groups in total. The van der Waals surface area contributed by atoms with Crippen molar-refractivity contribution in [1.29, 1.82) is 0 Å². The van der Waals surface area contributed by atoms with Crippen LogP contribution < -0.4 is 5.32 Å². The average molecular weight is 288 g/mol. The Morgan fingerprint density at radius 3 is 2.90 bits per heavy atom. The van der Waals surface area contributed by atoms with Gasteiger partial charge >= 0.3 is 0 Å². The summed E-state index contributed by atoms with van der Waals surface area (Å²) in [5.41, 5.74) is 1.37. The normalized spacial score (nSPS) is 26.6. The summed E-state index contributed by atoms with van der Waals surface area (Å²) in [6, 6.07) is 4.81. The minimum Gasteiger partial charge on any atom is -0.314 e. The standard InChI is InChI=1S/C17H28N4/c1-15-4-3-9-20(13-15)14-17(16-5-2-6-19-12-16)21-10-7-18-8-11-21/h2,5-6,12,15,17-18H,3-4,7-11,13-14H2,1H3. The lowest BCUT2D eigenvalue weighted by molar-refractivity contribution is 0.0999. The van der Waals surface area contributed by atoms with E-state index in [1.165, 1.54) is 31.5 Å². The van der Waals surface area contributed by atoms with Gasteiger partial charge in [0.25, 0.3) is 0 Å². The number of likely N-dealkylation sites (tertiary alicyclic amines) is 1. The molecule has 4 heteroatoms. The topological polar surface area (TPSA) is 31.4 Å². The summed E-state index contributed by atoms with van der Waals surface area (Å²) in [5.74, 6) is 0.844. The highest BCUT2D eigenvalue weighted by Crippen LogP contribution is 2.24. The van der Waals surface area contributed by atoms with Gasteiger partial charge in [-0.2, -0.15) is 0 Å². The lowest BCUT2D eigenvalue weighted by Gasteiger charge is -2.40. The van der Waals surface area contributed by atoms with Crippen molar-refractivity contribution in [2.45, 2.75) is 25.8 Å². The first-order valence-electron chi connectivity index (χ1n) is 8.40. The smallest absolute Gasteiger partial charge is 0.0491 e. The van der Waals surface area contributed by atoms with Gasteiger partial charge in [-0.3, -0.25) is 9.88 Å². The van der Waals surface area contributed by atoms with Crippen LogP contribution in [0.3, 0.4) is 0 Å². The first kappa shape index (κ1) is 14.9. The maximum atomic E-state index is 4.35. The largest absolute Gasteiger partial charge is 0.314 e. The molecule has 2 aliphatic heterocycles. The Bertz CT molecular complexity index is 416. The van der Waals surface area contributed by atoms with Crippen molar-refractivity contribution in [3.8, 4) is 0 Å². The van der Waals surface area contributed by atoms with Gasteiger partial charge in [0.2, 0.25) is 0 Å². The molecule has 21 heavy (non-hydrogen) atoms. The number of nitrogens with one attached hydrogen (secondary N) is 1. The molecule has 2 aliphatic rings. The Morgan fingerprint density at radius 1 is 1.33 bits per heavy atom. The molecule has 0 bridgehead atoms. The maximum absolute atomic E-state index is 4.35. The SMILES string of the molecule is CC1CCCN(CC(c2cccnc2)N2CCNCC2)C1. The van der Waals surface area contributed by atoms with Gasteiger partial charge in [0.1, 0.15) is 0 Å². The van der Waals surface area contributed by atoms with E-state index in [4.69, 9.17) is 0 Å². The molecule has 0 aromatic carbocycles. The second-order valence-electron chi connectivity index (χ2n) is 6.60. The van der Waals surface area contributed by atoms with E-state index in [1.807, 2.05) is 6.20 Å². The van der Waals surface area contributed by atoms with Gasteiger partial charge in [-0.1, -0.05) is 13.0 Å². The van der Waals surface area contributed by atoms with Crippen molar-refractivity contribution in [2.75, 3.05) is 45.8 Å². The highest BCUT2D eigenvalue weighted by Gasteiger charge is 2.26. The van der Waals surface area contributed by atoms with Crippen molar-refractivity contribution >= 4 is 0 Å². The molecule has 2 saturated heterocycles. The zero-order valence-electron chi connectivity index (χ0n) is 13.2. The molecule has 3 rings (SSSR count). The quantitative estimate of drug-likeness (QED) is 0.915. The highest BCUT2D eigenvalue weighted by molar-refractivity contribution is 5.15. The molecule has 116 valence electrons. The highest BCUT2D eigenvalue weighted by atomic mass is 15.3. The second-order valence-corrected chi connectivity index (χ2v) is 6.60. The van der Waals surface area contributed by atoms with Gasteiger partial charge in [-0.05, 0) is 36.9 Å². The summed E-state index contributed by atoms with van der Waals surface area (Å²) >= 11 is 0. The van der Waals surface area contributed by atoms with E-state index in [9.17, 15) is 0 Å². The summed E-state index contributed by atoms with van der Waals surface area (Å²) in [5, 5.41) is 3.46. The van der Waals surface area contributed by atoms with E-state index in [-0.39, 0.29) is 0 Å². The Kier molecular flexibility index (Phi) is 5.22. The van der Waals surface area contributed by atoms with Crippen molar-refractivity contribution in [3.63, 3.8) is 0 Å². The summed E-state index contributed by atoms with van der Waals surface area (Å²) in [4.78, 5) is 9.64.